The fourth-order valence-electron chi connectivity index (χ4n) is 7.45. The van der Waals surface area contributed by atoms with E-state index in [4.69, 9.17) is 9.15 Å². The van der Waals surface area contributed by atoms with Crippen LogP contribution < -0.4 is 21.3 Å². The Morgan fingerprint density at radius 3 is 2.59 bits per heavy atom. The van der Waals surface area contributed by atoms with E-state index in [0.29, 0.717) is 61.4 Å². The molecule has 328 valence electrons. The van der Waals surface area contributed by atoms with Crippen molar-refractivity contribution in [3.05, 3.63) is 101 Å². The summed E-state index contributed by atoms with van der Waals surface area (Å²) >= 11 is 0. The number of halogens is 2. The van der Waals surface area contributed by atoms with Gasteiger partial charge in [0.2, 0.25) is 17.7 Å². The fraction of sp³-hybridized carbons (Fsp3) is 0.364. The highest BCUT2D eigenvalue weighted by Crippen LogP contribution is 2.33. The van der Waals surface area contributed by atoms with E-state index in [0.717, 1.165) is 30.0 Å². The molecule has 0 radical (unpaired) electrons. The first-order valence-corrected chi connectivity index (χ1v) is 20.8. The number of carbonyl (C=O) groups is 5. The molecule has 1 saturated heterocycles. The van der Waals surface area contributed by atoms with E-state index >= 15 is 0 Å². The highest BCUT2D eigenvalue weighted by atomic mass is 19.3. The molecule has 2 aliphatic heterocycles. The number of pyridine rings is 1. The summed E-state index contributed by atoms with van der Waals surface area (Å²) in [6, 6.07) is 14.7. The first kappa shape index (κ1) is 42.8. The third-order valence-electron chi connectivity index (χ3n) is 10.9. The summed E-state index contributed by atoms with van der Waals surface area (Å²) in [4.78, 5) is 75.1. The predicted molar refractivity (Wildman–Crippen MR) is 225 cm³/mol. The number of hydrogen-bond acceptors (Lipinski definition) is 13. The van der Waals surface area contributed by atoms with Crippen LogP contribution in [0.3, 0.4) is 0 Å². The number of piperidine rings is 1. The molecule has 1 unspecified atom stereocenters. The lowest BCUT2D eigenvalue weighted by Crippen LogP contribution is -2.54. The normalized spacial score (nSPS) is 16.2. The molecule has 2 fully saturated rings. The molecule has 1 atom stereocenters. The Balaban J connectivity index is 0.758. The quantitative estimate of drug-likeness (QED) is 0.0550. The van der Waals surface area contributed by atoms with E-state index < -0.39 is 47.7 Å². The topological polar surface area (TPSA) is 206 Å². The molecule has 17 nitrogen and oxygen atoms in total. The smallest absolute Gasteiger partial charge is 0.284 e. The first-order valence-electron chi connectivity index (χ1n) is 20.8. The van der Waals surface area contributed by atoms with Crippen LogP contribution >= 0.6 is 0 Å². The van der Waals surface area contributed by atoms with Crippen LogP contribution in [0, 0.1) is 5.92 Å². The number of oxazole rings is 1. The summed E-state index contributed by atoms with van der Waals surface area (Å²) in [5.41, 5.74) is 2.27. The Kier molecular flexibility index (Phi) is 12.9. The molecule has 5 amide bonds. The van der Waals surface area contributed by atoms with Gasteiger partial charge < -0.3 is 30.0 Å². The van der Waals surface area contributed by atoms with Gasteiger partial charge in [0.15, 0.2) is 11.4 Å². The van der Waals surface area contributed by atoms with Crippen LogP contribution in [0.1, 0.15) is 87.4 Å². The van der Waals surface area contributed by atoms with Gasteiger partial charge in [-0.05, 0) is 87.0 Å². The van der Waals surface area contributed by atoms with Crippen molar-refractivity contribution in [1.29, 1.82) is 0 Å². The van der Waals surface area contributed by atoms with Crippen molar-refractivity contribution in [3.8, 4) is 17.1 Å². The van der Waals surface area contributed by atoms with Crippen LogP contribution in [0.5, 0.6) is 0 Å². The Bertz CT molecular complexity index is 2500. The number of ether oxygens (including phenoxy) is 1. The highest BCUT2D eigenvalue weighted by Gasteiger charge is 2.45. The van der Waals surface area contributed by atoms with Gasteiger partial charge in [-0.1, -0.05) is 18.2 Å². The van der Waals surface area contributed by atoms with Crippen LogP contribution in [0.2, 0.25) is 0 Å². The predicted octanol–water partition coefficient (Wildman–Crippen LogP) is 5.68. The maximum Gasteiger partial charge on any atom is 0.284 e. The zero-order valence-electron chi connectivity index (χ0n) is 34.4. The van der Waals surface area contributed by atoms with Crippen LogP contribution in [0.25, 0.3) is 17.1 Å². The van der Waals surface area contributed by atoms with Crippen LogP contribution in [-0.4, -0.2) is 105 Å². The van der Waals surface area contributed by atoms with Crippen molar-refractivity contribution in [3.63, 3.8) is 0 Å². The number of carbonyl (C=O) groups excluding carboxylic acids is 5. The number of aromatic nitrogens is 4. The van der Waals surface area contributed by atoms with Gasteiger partial charge in [-0.2, -0.15) is 5.10 Å². The van der Waals surface area contributed by atoms with Crippen molar-refractivity contribution in [2.24, 2.45) is 5.92 Å². The molecule has 3 aliphatic rings. The molecule has 5 heterocycles. The zero-order chi connectivity index (χ0) is 44.0. The summed E-state index contributed by atoms with van der Waals surface area (Å²) < 4.78 is 40.8. The first-order chi connectivity index (χ1) is 30.5. The summed E-state index contributed by atoms with van der Waals surface area (Å²) in [7, 11) is 1.99. The van der Waals surface area contributed by atoms with Crippen LogP contribution in [-0.2, 0) is 20.9 Å². The molecule has 0 bridgehead atoms. The number of amides is 5. The third-order valence-corrected chi connectivity index (χ3v) is 10.9. The molecule has 0 spiro atoms. The van der Waals surface area contributed by atoms with Gasteiger partial charge in [-0.3, -0.25) is 34.2 Å². The molecule has 19 heteroatoms. The third kappa shape index (κ3) is 10.1. The molecule has 1 aliphatic carbocycles. The Morgan fingerprint density at radius 1 is 1.00 bits per heavy atom. The van der Waals surface area contributed by atoms with Gasteiger partial charge in [0, 0.05) is 63.3 Å². The van der Waals surface area contributed by atoms with Crippen LogP contribution in [0.15, 0.2) is 77.7 Å². The lowest BCUT2D eigenvalue weighted by Gasteiger charge is -2.27. The van der Waals surface area contributed by atoms with E-state index in [1.54, 1.807) is 48.7 Å². The minimum atomic E-state index is -2.95. The summed E-state index contributed by atoms with van der Waals surface area (Å²) in [5.74, 6) is -1.40. The molecule has 8 rings (SSSR count). The zero-order valence-corrected chi connectivity index (χ0v) is 34.4. The van der Waals surface area contributed by atoms with Crippen molar-refractivity contribution >= 4 is 46.7 Å². The molecule has 1 saturated carbocycles. The minimum absolute atomic E-state index is 0.0531. The minimum Gasteiger partial charge on any atom is -0.444 e. The van der Waals surface area contributed by atoms with Gasteiger partial charge in [0.05, 0.1) is 28.7 Å². The van der Waals surface area contributed by atoms with E-state index in [-0.39, 0.29) is 41.2 Å². The molecule has 2 aromatic carbocycles. The average Bonchev–Trinajstić information content (AvgIpc) is 3.68. The van der Waals surface area contributed by atoms with E-state index in [1.807, 2.05) is 19.2 Å². The summed E-state index contributed by atoms with van der Waals surface area (Å²) in [6.45, 7) is 3.71. The van der Waals surface area contributed by atoms with E-state index in [1.165, 1.54) is 30.0 Å². The largest absolute Gasteiger partial charge is 0.444 e. The molecule has 3 aromatic heterocycles. The number of alkyl halides is 2. The van der Waals surface area contributed by atoms with Gasteiger partial charge >= 0.3 is 0 Å². The second kappa shape index (κ2) is 19.0. The maximum absolute atomic E-state index is 14.1. The Morgan fingerprint density at radius 2 is 1.81 bits per heavy atom. The highest BCUT2D eigenvalue weighted by molar-refractivity contribution is 6.25. The lowest BCUT2D eigenvalue weighted by atomic mass is 10.0. The van der Waals surface area contributed by atoms with Crippen molar-refractivity contribution in [2.75, 3.05) is 55.8 Å². The van der Waals surface area contributed by atoms with E-state index in [2.05, 4.69) is 41.2 Å². The molecule has 4 N–H and O–H groups in total. The number of nitrogens with one attached hydrogen (secondary N) is 4. The number of hydrogen-bond donors (Lipinski definition) is 4. The number of imide groups is 2. The summed E-state index contributed by atoms with van der Waals surface area (Å²) in [6.07, 6.45) is 5.14. The maximum atomic E-state index is 14.1. The summed E-state index contributed by atoms with van der Waals surface area (Å²) in [5, 5.41) is 15.3. The number of fused-ring (bicyclic) bond motifs is 1. The van der Waals surface area contributed by atoms with Gasteiger partial charge in [0.25, 0.3) is 24.1 Å². The standard InChI is InChI=1S/C44H46F2N10O7/c1-54(18-4-20-62-19-3-16-47-31-6-2-5-30-37(31)44(61)56(43(30)60)34-13-14-36(57)52-41(34)59)23-27-9-11-29(12-10-27)55-24-32(38(53-55)39(45)46)50-40(58)33-25-63-42(51-33)28-15-17-48-35(21-28)49-22-26-7-8-26/h2,5-6,9-12,15,17,21,24-26,34,39,47H,3-4,7-8,13-14,16,18-20,22-23H2,1H3,(H,48,49)(H,50,58)(H,52,57,59). The second-order valence-corrected chi connectivity index (χ2v) is 15.7. The van der Waals surface area contributed by atoms with Gasteiger partial charge in [0.1, 0.15) is 18.1 Å². The monoisotopic (exact) mass is 864 g/mol. The number of rotatable bonds is 20. The number of anilines is 3. The second-order valence-electron chi connectivity index (χ2n) is 15.7. The van der Waals surface area contributed by atoms with Gasteiger partial charge in [-0.25, -0.2) is 23.4 Å². The molecular weight excluding hydrogens is 819 g/mol. The van der Waals surface area contributed by atoms with Crippen molar-refractivity contribution in [1.82, 2.24) is 34.9 Å². The Labute approximate surface area is 360 Å². The lowest BCUT2D eigenvalue weighted by molar-refractivity contribution is -0.136. The number of benzene rings is 2. The van der Waals surface area contributed by atoms with E-state index in [9.17, 15) is 32.8 Å². The Hall–Kier alpha value is -6.86. The SMILES string of the molecule is CN(CCCOCCCNc1cccc2c1C(=O)N(C1CCC(=O)NC1=O)C2=O)Cc1ccc(-n2cc(NC(=O)c3coc(-c4ccnc(NCC5CC5)c4)n3)c(C(F)F)n2)cc1. The van der Waals surface area contributed by atoms with Crippen molar-refractivity contribution in [2.45, 2.75) is 57.5 Å². The molecule has 5 aromatic rings. The fourth-order valence-corrected chi connectivity index (χ4v) is 7.45. The van der Waals surface area contributed by atoms with Gasteiger partial charge in [-0.15, -0.1) is 0 Å². The molecular formula is C44H46F2N10O7. The average molecular weight is 865 g/mol. The van der Waals surface area contributed by atoms with Crippen LogP contribution in [0.4, 0.5) is 26.0 Å². The molecule has 63 heavy (non-hydrogen) atoms. The van der Waals surface area contributed by atoms with Crippen molar-refractivity contribution < 1.29 is 41.9 Å². The number of nitrogens with zero attached hydrogens (tertiary/aromatic N) is 6.